The maximum Gasteiger partial charge on any atom is 0.343 e. The van der Waals surface area contributed by atoms with Crippen LogP contribution < -0.4 is 10.2 Å². The molecule has 29 heavy (non-hydrogen) atoms. The van der Waals surface area contributed by atoms with Crippen LogP contribution in [0.4, 0.5) is 4.39 Å². The molecule has 4 rings (SSSR count). The monoisotopic (exact) mass is 408 g/mol. The van der Waals surface area contributed by atoms with Crippen molar-refractivity contribution >= 4 is 28.5 Å². The molecule has 0 saturated carbocycles. The number of halogens is 2. The Morgan fingerprint density at radius 1 is 1.00 bits per heavy atom. The van der Waals surface area contributed by atoms with Gasteiger partial charge >= 0.3 is 5.97 Å². The molecular weight excluding hydrogens is 395 g/mol. The van der Waals surface area contributed by atoms with Crippen molar-refractivity contribution in [2.24, 2.45) is 0 Å². The van der Waals surface area contributed by atoms with E-state index in [9.17, 15) is 14.0 Å². The summed E-state index contributed by atoms with van der Waals surface area (Å²) in [7, 11) is 0. The van der Waals surface area contributed by atoms with Crippen molar-refractivity contribution in [1.82, 2.24) is 0 Å². The van der Waals surface area contributed by atoms with Gasteiger partial charge < -0.3 is 9.15 Å². The zero-order valence-electron chi connectivity index (χ0n) is 15.2. The lowest BCUT2D eigenvalue weighted by Gasteiger charge is -2.11. The summed E-state index contributed by atoms with van der Waals surface area (Å²) in [6.45, 7) is 1.84. The van der Waals surface area contributed by atoms with Crippen LogP contribution in [0.3, 0.4) is 0 Å². The summed E-state index contributed by atoms with van der Waals surface area (Å²) < 4.78 is 24.5. The van der Waals surface area contributed by atoms with Crippen molar-refractivity contribution in [1.29, 1.82) is 0 Å². The average Bonchev–Trinajstić information content (AvgIpc) is 2.71. The molecule has 4 nitrogen and oxygen atoms in total. The highest BCUT2D eigenvalue weighted by atomic mass is 35.5. The topological polar surface area (TPSA) is 56.5 Å². The standard InChI is InChI=1S/C23H14ClFO4/c1-13-2-11-19-18(12-13)20(26)22(21(28-19)14-3-7-16(24)8-4-14)29-23(27)15-5-9-17(25)10-6-15/h2-12H,1H3. The van der Waals surface area contributed by atoms with Gasteiger partial charge in [0.15, 0.2) is 5.76 Å². The Kier molecular flexibility index (Phi) is 4.91. The first-order chi connectivity index (χ1) is 13.9. The molecule has 3 aromatic carbocycles. The number of aryl methyl sites for hydroxylation is 1. The van der Waals surface area contributed by atoms with Crippen LogP contribution in [-0.4, -0.2) is 5.97 Å². The number of carbonyl (C=O) groups is 1. The van der Waals surface area contributed by atoms with E-state index in [1.54, 1.807) is 36.4 Å². The van der Waals surface area contributed by atoms with Gasteiger partial charge in [-0.2, -0.15) is 0 Å². The Hall–Kier alpha value is -3.44. The lowest BCUT2D eigenvalue weighted by atomic mass is 10.1. The first-order valence-electron chi connectivity index (χ1n) is 8.73. The van der Waals surface area contributed by atoms with Crippen molar-refractivity contribution in [2.45, 2.75) is 6.92 Å². The SMILES string of the molecule is Cc1ccc2oc(-c3ccc(Cl)cc3)c(OC(=O)c3ccc(F)cc3)c(=O)c2c1. The van der Waals surface area contributed by atoms with E-state index in [0.717, 1.165) is 17.7 Å². The van der Waals surface area contributed by atoms with Crippen LogP contribution in [0, 0.1) is 12.7 Å². The second kappa shape index (κ2) is 7.53. The largest absolute Gasteiger partial charge is 0.452 e. The molecule has 1 aromatic heterocycles. The Morgan fingerprint density at radius 3 is 2.38 bits per heavy atom. The van der Waals surface area contributed by atoms with Gasteiger partial charge in [-0.25, -0.2) is 9.18 Å². The zero-order chi connectivity index (χ0) is 20.5. The molecule has 0 aliphatic heterocycles. The summed E-state index contributed by atoms with van der Waals surface area (Å²) in [6.07, 6.45) is 0. The Bertz CT molecular complexity index is 1280. The molecule has 0 aliphatic carbocycles. The van der Waals surface area contributed by atoms with E-state index in [1.807, 2.05) is 13.0 Å². The third-order valence-electron chi connectivity index (χ3n) is 4.39. The lowest BCUT2D eigenvalue weighted by molar-refractivity contribution is 0.0731. The zero-order valence-corrected chi connectivity index (χ0v) is 16.0. The first-order valence-corrected chi connectivity index (χ1v) is 9.11. The van der Waals surface area contributed by atoms with Crippen LogP contribution >= 0.6 is 11.6 Å². The normalized spacial score (nSPS) is 10.9. The van der Waals surface area contributed by atoms with Crippen molar-refractivity contribution in [3.63, 3.8) is 0 Å². The van der Waals surface area contributed by atoms with Gasteiger partial charge in [0.25, 0.3) is 0 Å². The molecule has 6 heteroatoms. The molecule has 0 atom stereocenters. The van der Waals surface area contributed by atoms with E-state index in [2.05, 4.69) is 0 Å². The number of hydrogen-bond donors (Lipinski definition) is 0. The quantitative estimate of drug-likeness (QED) is 0.403. The van der Waals surface area contributed by atoms with Gasteiger partial charge in [0, 0.05) is 10.6 Å². The van der Waals surface area contributed by atoms with Crippen molar-refractivity contribution in [3.8, 4) is 17.1 Å². The van der Waals surface area contributed by atoms with Gasteiger partial charge in [-0.1, -0.05) is 23.2 Å². The van der Waals surface area contributed by atoms with Crippen molar-refractivity contribution in [3.05, 3.63) is 98.9 Å². The van der Waals surface area contributed by atoms with Gasteiger partial charge in [-0.3, -0.25) is 4.79 Å². The highest BCUT2D eigenvalue weighted by Crippen LogP contribution is 2.32. The number of ether oxygens (including phenoxy) is 1. The average molecular weight is 409 g/mol. The van der Waals surface area contributed by atoms with E-state index >= 15 is 0 Å². The highest BCUT2D eigenvalue weighted by molar-refractivity contribution is 6.30. The van der Waals surface area contributed by atoms with Gasteiger partial charge in [0.05, 0.1) is 10.9 Å². The minimum absolute atomic E-state index is 0.109. The molecule has 0 aliphatic rings. The van der Waals surface area contributed by atoms with Crippen molar-refractivity contribution < 1.29 is 18.3 Å². The fourth-order valence-corrected chi connectivity index (χ4v) is 3.04. The molecule has 0 radical (unpaired) electrons. The number of carbonyl (C=O) groups excluding carboxylic acids is 1. The summed E-state index contributed by atoms with van der Waals surface area (Å²) in [5, 5.41) is 0.807. The molecule has 0 N–H and O–H groups in total. The molecule has 0 fully saturated rings. The molecule has 0 bridgehead atoms. The third-order valence-corrected chi connectivity index (χ3v) is 4.64. The van der Waals surface area contributed by atoms with E-state index in [1.165, 1.54) is 12.1 Å². The van der Waals surface area contributed by atoms with Crippen LogP contribution in [0.2, 0.25) is 5.02 Å². The van der Waals surface area contributed by atoms with Crippen LogP contribution in [0.15, 0.2) is 75.9 Å². The molecule has 0 unspecified atom stereocenters. The summed E-state index contributed by atoms with van der Waals surface area (Å²) in [6, 6.07) is 16.6. The van der Waals surface area contributed by atoms with Gasteiger partial charge in [0.1, 0.15) is 11.4 Å². The van der Waals surface area contributed by atoms with Crippen molar-refractivity contribution in [2.75, 3.05) is 0 Å². The van der Waals surface area contributed by atoms with Gasteiger partial charge in [0.2, 0.25) is 11.2 Å². The highest BCUT2D eigenvalue weighted by Gasteiger charge is 2.21. The number of hydrogen-bond acceptors (Lipinski definition) is 4. The molecule has 4 aromatic rings. The predicted molar refractivity (Wildman–Crippen MR) is 109 cm³/mol. The smallest absolute Gasteiger partial charge is 0.343 e. The minimum atomic E-state index is -0.792. The predicted octanol–water partition coefficient (Wildman–Crippen LogP) is 5.78. The number of benzene rings is 3. The summed E-state index contributed by atoms with van der Waals surface area (Å²) in [4.78, 5) is 25.7. The minimum Gasteiger partial charge on any atom is -0.452 e. The Labute approximate surface area is 170 Å². The van der Waals surface area contributed by atoms with Gasteiger partial charge in [-0.15, -0.1) is 0 Å². The number of fused-ring (bicyclic) bond motifs is 1. The molecule has 1 heterocycles. The summed E-state index contributed by atoms with van der Waals surface area (Å²) >= 11 is 5.95. The van der Waals surface area contributed by atoms with Gasteiger partial charge in [-0.05, 0) is 67.6 Å². The second-order valence-electron chi connectivity index (χ2n) is 6.49. The lowest BCUT2D eigenvalue weighted by Crippen LogP contribution is -2.16. The maximum absolute atomic E-state index is 13.1. The Balaban J connectivity index is 1.89. The second-order valence-corrected chi connectivity index (χ2v) is 6.93. The summed E-state index contributed by atoms with van der Waals surface area (Å²) in [5.41, 5.74) is 1.38. The number of rotatable bonds is 3. The van der Waals surface area contributed by atoms with E-state index in [-0.39, 0.29) is 17.1 Å². The maximum atomic E-state index is 13.1. The fourth-order valence-electron chi connectivity index (χ4n) is 2.91. The molecule has 0 amide bonds. The molecule has 0 saturated heterocycles. The Morgan fingerprint density at radius 2 is 1.69 bits per heavy atom. The van der Waals surface area contributed by atoms with E-state index < -0.39 is 17.2 Å². The van der Waals surface area contributed by atoms with Crippen LogP contribution in [0.1, 0.15) is 15.9 Å². The van der Waals surface area contributed by atoms with E-state index in [4.69, 9.17) is 20.8 Å². The van der Waals surface area contributed by atoms with Crippen LogP contribution in [0.25, 0.3) is 22.3 Å². The first kappa shape index (κ1) is 18.9. The van der Waals surface area contributed by atoms with Crippen LogP contribution in [-0.2, 0) is 0 Å². The molecular formula is C23H14ClFO4. The summed E-state index contributed by atoms with van der Waals surface area (Å²) in [5.74, 6) is -1.40. The molecule has 144 valence electrons. The van der Waals surface area contributed by atoms with Crippen LogP contribution in [0.5, 0.6) is 5.75 Å². The third kappa shape index (κ3) is 3.77. The molecule has 0 spiro atoms. The van der Waals surface area contributed by atoms with E-state index in [0.29, 0.717) is 21.6 Å². The fraction of sp³-hybridized carbons (Fsp3) is 0.0435. The number of esters is 1.